The van der Waals surface area contributed by atoms with Gasteiger partial charge in [-0.05, 0) is 53.8 Å². The Morgan fingerprint density at radius 3 is 2.56 bits per heavy atom. The van der Waals surface area contributed by atoms with Crippen LogP contribution in [0.4, 0.5) is 5.69 Å². The summed E-state index contributed by atoms with van der Waals surface area (Å²) in [6.45, 7) is 5.60. The van der Waals surface area contributed by atoms with E-state index in [-0.39, 0.29) is 0 Å². The molecule has 0 fully saturated rings. The van der Waals surface area contributed by atoms with Crippen LogP contribution >= 0.6 is 15.9 Å². The molecule has 0 aliphatic carbocycles. The summed E-state index contributed by atoms with van der Waals surface area (Å²) in [6, 6.07) is 12.9. The monoisotopic (exact) mass is 305 g/mol. The Morgan fingerprint density at radius 2 is 1.78 bits per heavy atom. The van der Waals surface area contributed by atoms with Crippen LogP contribution in [0.2, 0.25) is 0 Å². The van der Waals surface area contributed by atoms with E-state index in [1.54, 1.807) is 0 Å². The molecule has 0 heterocycles. The van der Waals surface area contributed by atoms with Gasteiger partial charge in [-0.2, -0.15) is 0 Å². The Labute approximate surface area is 118 Å². The first-order chi connectivity index (χ1) is 8.65. The maximum Gasteiger partial charge on any atom is 0.0346 e. The summed E-state index contributed by atoms with van der Waals surface area (Å²) in [4.78, 5) is 0. The van der Waals surface area contributed by atoms with Crippen molar-refractivity contribution in [2.24, 2.45) is 5.92 Å². The smallest absolute Gasteiger partial charge is 0.0346 e. The standard InChI is InChI=1S/C16H20BrN/c1-12(2)4-3-9-18-16-8-6-13-10-15(17)7-5-14(13)11-16/h5-8,10-12,18H,3-4,9H2,1-2H3. The van der Waals surface area contributed by atoms with Crippen molar-refractivity contribution in [3.63, 3.8) is 0 Å². The molecular weight excluding hydrogens is 286 g/mol. The van der Waals surface area contributed by atoms with Crippen molar-refractivity contribution in [1.82, 2.24) is 0 Å². The molecule has 96 valence electrons. The second-order valence-corrected chi connectivity index (χ2v) is 6.08. The topological polar surface area (TPSA) is 12.0 Å². The molecule has 0 aromatic heterocycles. The van der Waals surface area contributed by atoms with Crippen molar-refractivity contribution >= 4 is 32.4 Å². The van der Waals surface area contributed by atoms with Gasteiger partial charge < -0.3 is 5.32 Å². The summed E-state index contributed by atoms with van der Waals surface area (Å²) in [5.41, 5.74) is 1.22. The zero-order chi connectivity index (χ0) is 13.0. The van der Waals surface area contributed by atoms with E-state index in [9.17, 15) is 0 Å². The molecule has 0 atom stereocenters. The minimum atomic E-state index is 0.792. The van der Waals surface area contributed by atoms with E-state index in [0.29, 0.717) is 0 Å². The van der Waals surface area contributed by atoms with Gasteiger partial charge in [0.05, 0.1) is 0 Å². The summed E-state index contributed by atoms with van der Waals surface area (Å²) < 4.78 is 1.13. The molecule has 2 rings (SSSR count). The van der Waals surface area contributed by atoms with Gasteiger partial charge in [0.15, 0.2) is 0 Å². The molecule has 0 saturated heterocycles. The van der Waals surface area contributed by atoms with Crippen LogP contribution in [0.3, 0.4) is 0 Å². The maximum absolute atomic E-state index is 3.50. The zero-order valence-electron chi connectivity index (χ0n) is 11.0. The van der Waals surface area contributed by atoms with Gasteiger partial charge in [0.2, 0.25) is 0 Å². The largest absolute Gasteiger partial charge is 0.385 e. The van der Waals surface area contributed by atoms with Crippen molar-refractivity contribution in [2.45, 2.75) is 26.7 Å². The van der Waals surface area contributed by atoms with Crippen LogP contribution in [-0.2, 0) is 0 Å². The van der Waals surface area contributed by atoms with E-state index in [4.69, 9.17) is 0 Å². The Kier molecular flexibility index (Phi) is 4.65. The number of hydrogen-bond donors (Lipinski definition) is 1. The normalized spacial score (nSPS) is 11.1. The van der Waals surface area contributed by atoms with E-state index in [0.717, 1.165) is 16.9 Å². The lowest BCUT2D eigenvalue weighted by Gasteiger charge is -2.09. The van der Waals surface area contributed by atoms with Gasteiger partial charge in [0.25, 0.3) is 0 Å². The quantitative estimate of drug-likeness (QED) is 0.724. The average Bonchev–Trinajstić information content (AvgIpc) is 2.34. The third-order valence-electron chi connectivity index (χ3n) is 3.09. The Morgan fingerprint density at radius 1 is 1.06 bits per heavy atom. The molecule has 18 heavy (non-hydrogen) atoms. The minimum Gasteiger partial charge on any atom is -0.385 e. The molecule has 0 aliphatic heterocycles. The van der Waals surface area contributed by atoms with Crippen LogP contribution in [0.1, 0.15) is 26.7 Å². The Balaban J connectivity index is 1.99. The molecule has 0 unspecified atom stereocenters. The van der Waals surface area contributed by atoms with Crippen molar-refractivity contribution in [3.05, 3.63) is 40.9 Å². The van der Waals surface area contributed by atoms with E-state index < -0.39 is 0 Å². The van der Waals surface area contributed by atoms with Gasteiger partial charge in [-0.1, -0.05) is 41.9 Å². The van der Waals surface area contributed by atoms with Crippen LogP contribution in [0.15, 0.2) is 40.9 Å². The van der Waals surface area contributed by atoms with Gasteiger partial charge in [-0.15, -0.1) is 0 Å². The molecule has 0 bridgehead atoms. The first kappa shape index (κ1) is 13.4. The highest BCUT2D eigenvalue weighted by molar-refractivity contribution is 9.10. The van der Waals surface area contributed by atoms with E-state index >= 15 is 0 Å². The molecule has 0 saturated carbocycles. The van der Waals surface area contributed by atoms with Crippen LogP contribution in [0.5, 0.6) is 0 Å². The summed E-state index contributed by atoms with van der Waals surface area (Å²) in [5.74, 6) is 0.792. The van der Waals surface area contributed by atoms with E-state index in [1.807, 2.05) is 0 Å². The van der Waals surface area contributed by atoms with Gasteiger partial charge in [0.1, 0.15) is 0 Å². The molecular formula is C16H20BrN. The molecule has 1 nitrogen and oxygen atoms in total. The molecule has 2 aromatic rings. The molecule has 1 N–H and O–H groups in total. The minimum absolute atomic E-state index is 0.792. The number of nitrogens with one attached hydrogen (secondary N) is 1. The lowest BCUT2D eigenvalue weighted by atomic mass is 10.1. The highest BCUT2D eigenvalue weighted by atomic mass is 79.9. The molecule has 0 aliphatic rings. The Hall–Kier alpha value is -1.02. The summed E-state index contributed by atoms with van der Waals surface area (Å²) in [5, 5.41) is 6.05. The number of hydrogen-bond acceptors (Lipinski definition) is 1. The SMILES string of the molecule is CC(C)CCCNc1ccc2cc(Br)ccc2c1. The van der Waals surface area contributed by atoms with Gasteiger partial charge in [-0.25, -0.2) is 0 Å². The van der Waals surface area contributed by atoms with Gasteiger partial charge >= 0.3 is 0 Å². The molecule has 0 radical (unpaired) electrons. The number of anilines is 1. The number of halogens is 1. The van der Waals surface area contributed by atoms with Crippen LogP contribution < -0.4 is 5.32 Å². The molecule has 0 spiro atoms. The van der Waals surface area contributed by atoms with Crippen molar-refractivity contribution in [1.29, 1.82) is 0 Å². The predicted octanol–water partition coefficient (Wildman–Crippen LogP) is 5.45. The van der Waals surface area contributed by atoms with Gasteiger partial charge in [-0.3, -0.25) is 0 Å². The van der Waals surface area contributed by atoms with Crippen molar-refractivity contribution in [3.8, 4) is 0 Å². The fraction of sp³-hybridized carbons (Fsp3) is 0.375. The van der Waals surface area contributed by atoms with Crippen LogP contribution in [-0.4, -0.2) is 6.54 Å². The Bertz CT molecular complexity index is 519. The summed E-state index contributed by atoms with van der Waals surface area (Å²) >= 11 is 3.50. The fourth-order valence-corrected chi connectivity index (χ4v) is 2.45. The summed E-state index contributed by atoms with van der Waals surface area (Å²) in [6.07, 6.45) is 2.52. The number of fused-ring (bicyclic) bond motifs is 1. The number of rotatable bonds is 5. The van der Waals surface area contributed by atoms with Crippen LogP contribution in [0, 0.1) is 5.92 Å². The fourth-order valence-electron chi connectivity index (χ4n) is 2.07. The third-order valence-corrected chi connectivity index (χ3v) is 3.58. The number of benzene rings is 2. The lowest BCUT2D eigenvalue weighted by molar-refractivity contribution is 0.567. The maximum atomic E-state index is 3.50. The predicted molar refractivity (Wildman–Crippen MR) is 84.2 cm³/mol. The summed E-state index contributed by atoms with van der Waals surface area (Å²) in [7, 11) is 0. The van der Waals surface area contributed by atoms with Crippen LogP contribution in [0.25, 0.3) is 10.8 Å². The van der Waals surface area contributed by atoms with Gasteiger partial charge in [0, 0.05) is 16.7 Å². The average molecular weight is 306 g/mol. The van der Waals surface area contributed by atoms with Crippen molar-refractivity contribution < 1.29 is 0 Å². The third kappa shape index (κ3) is 3.74. The highest BCUT2D eigenvalue weighted by Crippen LogP contribution is 2.23. The van der Waals surface area contributed by atoms with E-state index in [1.165, 1.54) is 29.3 Å². The second kappa shape index (κ2) is 6.24. The van der Waals surface area contributed by atoms with Crippen molar-refractivity contribution in [2.75, 3.05) is 11.9 Å². The first-order valence-corrected chi connectivity index (χ1v) is 7.37. The second-order valence-electron chi connectivity index (χ2n) is 5.17. The molecule has 2 heteroatoms. The lowest BCUT2D eigenvalue weighted by Crippen LogP contribution is -2.02. The highest BCUT2D eigenvalue weighted by Gasteiger charge is 1.98. The molecule has 2 aromatic carbocycles. The zero-order valence-corrected chi connectivity index (χ0v) is 12.6. The first-order valence-electron chi connectivity index (χ1n) is 6.58. The van der Waals surface area contributed by atoms with E-state index in [2.05, 4.69) is 71.5 Å². The molecule has 0 amide bonds.